The summed E-state index contributed by atoms with van der Waals surface area (Å²) in [5, 5.41) is 8.51. The molecule has 1 atom stereocenters. The number of piperidine rings is 1. The van der Waals surface area contributed by atoms with Crippen molar-refractivity contribution in [2.75, 3.05) is 6.54 Å². The van der Waals surface area contributed by atoms with E-state index in [4.69, 9.17) is 0 Å². The van der Waals surface area contributed by atoms with Gasteiger partial charge < -0.3 is 4.90 Å². The monoisotopic (exact) mass is 450 g/mol. The molecule has 2 heterocycles. The quantitative estimate of drug-likeness (QED) is 0.367. The van der Waals surface area contributed by atoms with E-state index >= 15 is 0 Å². The van der Waals surface area contributed by atoms with Crippen molar-refractivity contribution in [1.82, 2.24) is 19.9 Å². The molecule has 1 aliphatic rings. The first-order valence-electron chi connectivity index (χ1n) is 12.0. The second kappa shape index (κ2) is 9.64. The molecule has 5 heteroatoms. The number of amides is 1. The van der Waals surface area contributed by atoms with Crippen LogP contribution in [-0.4, -0.2) is 38.5 Å². The van der Waals surface area contributed by atoms with Crippen molar-refractivity contribution in [3.8, 4) is 22.4 Å². The first kappa shape index (κ1) is 22.1. The summed E-state index contributed by atoms with van der Waals surface area (Å²) in [6.07, 6.45) is 5.81. The number of aryl methyl sites for hydroxylation is 2. The van der Waals surface area contributed by atoms with Gasteiger partial charge in [-0.1, -0.05) is 78.0 Å². The Morgan fingerprint density at radius 2 is 1.59 bits per heavy atom. The Hall–Kier alpha value is -3.73. The first-order chi connectivity index (χ1) is 16.6. The number of carbonyl (C=O) groups excluding carboxylic acids is 1. The molecule has 1 aliphatic heterocycles. The van der Waals surface area contributed by atoms with Gasteiger partial charge in [-0.05, 0) is 67.3 Å². The summed E-state index contributed by atoms with van der Waals surface area (Å²) in [5.41, 5.74) is 7.89. The van der Waals surface area contributed by atoms with Crippen LogP contribution in [0.3, 0.4) is 0 Å². The van der Waals surface area contributed by atoms with Crippen molar-refractivity contribution in [2.24, 2.45) is 0 Å². The third-order valence-corrected chi connectivity index (χ3v) is 6.83. The molecule has 0 aliphatic carbocycles. The number of carbonyl (C=O) groups is 1. The average molecular weight is 451 g/mol. The highest BCUT2D eigenvalue weighted by molar-refractivity contribution is 5.78. The fourth-order valence-electron chi connectivity index (χ4n) is 5.05. The smallest absolute Gasteiger partial charge is 0.320 e. The second-order valence-electron chi connectivity index (χ2n) is 9.21. The van der Waals surface area contributed by atoms with E-state index in [2.05, 4.69) is 90.9 Å². The van der Waals surface area contributed by atoms with Crippen molar-refractivity contribution < 1.29 is 4.79 Å². The van der Waals surface area contributed by atoms with Crippen molar-refractivity contribution in [3.05, 3.63) is 95.7 Å². The van der Waals surface area contributed by atoms with Gasteiger partial charge >= 0.3 is 6.03 Å². The molecule has 0 bridgehead atoms. The summed E-state index contributed by atoms with van der Waals surface area (Å²) in [6.45, 7) is 5.04. The van der Waals surface area contributed by atoms with Crippen LogP contribution in [0.4, 0.5) is 4.79 Å². The van der Waals surface area contributed by atoms with E-state index in [1.54, 1.807) is 6.20 Å². The molecule has 34 heavy (non-hydrogen) atoms. The molecule has 3 aromatic carbocycles. The van der Waals surface area contributed by atoms with Gasteiger partial charge in [0.15, 0.2) is 0 Å². The largest absolute Gasteiger partial charge is 0.346 e. The lowest BCUT2D eigenvalue weighted by atomic mass is 9.95. The maximum absolute atomic E-state index is 13.3. The molecule has 0 N–H and O–H groups in total. The normalized spacial score (nSPS) is 15.9. The molecule has 1 amide bonds. The molecule has 5 rings (SSSR count). The van der Waals surface area contributed by atoms with Gasteiger partial charge in [0.1, 0.15) is 5.69 Å². The third-order valence-electron chi connectivity index (χ3n) is 6.83. The third kappa shape index (κ3) is 4.51. The Morgan fingerprint density at radius 3 is 2.32 bits per heavy atom. The topological polar surface area (TPSA) is 51.0 Å². The van der Waals surface area contributed by atoms with Crippen molar-refractivity contribution >= 4 is 6.03 Å². The fourth-order valence-corrected chi connectivity index (χ4v) is 5.05. The van der Waals surface area contributed by atoms with Gasteiger partial charge in [-0.25, -0.2) is 4.79 Å². The summed E-state index contributed by atoms with van der Waals surface area (Å²) >= 11 is 0. The standard InChI is InChI=1S/C29H30N4O/c1-21-9-8-10-22(2)28(21)25-16-14-24(15-17-25)27-20-33(31-30-27)29(34)32-18-7-6-13-26(32)19-23-11-4-3-5-12-23/h3-5,8-12,14-17,20,26H,6-7,13,18-19H2,1-2H3. The number of likely N-dealkylation sites (tertiary alicyclic amines) is 1. The summed E-state index contributed by atoms with van der Waals surface area (Å²) in [6, 6.07) is 25.2. The second-order valence-corrected chi connectivity index (χ2v) is 9.21. The fraction of sp³-hybridized carbons (Fsp3) is 0.276. The molecule has 5 nitrogen and oxygen atoms in total. The van der Waals surface area contributed by atoms with Crippen molar-refractivity contribution in [3.63, 3.8) is 0 Å². The lowest BCUT2D eigenvalue weighted by Crippen LogP contribution is -2.46. The van der Waals surface area contributed by atoms with E-state index in [-0.39, 0.29) is 12.1 Å². The van der Waals surface area contributed by atoms with Crippen LogP contribution >= 0.6 is 0 Å². The van der Waals surface area contributed by atoms with Gasteiger partial charge in [0.05, 0.1) is 6.20 Å². The van der Waals surface area contributed by atoms with Gasteiger partial charge in [-0.3, -0.25) is 0 Å². The van der Waals surface area contributed by atoms with E-state index in [1.807, 2.05) is 11.0 Å². The molecule has 1 saturated heterocycles. The van der Waals surface area contributed by atoms with Crippen molar-refractivity contribution in [2.45, 2.75) is 45.6 Å². The lowest BCUT2D eigenvalue weighted by molar-refractivity contribution is 0.149. The van der Waals surface area contributed by atoms with Gasteiger partial charge in [0.2, 0.25) is 0 Å². The lowest BCUT2D eigenvalue weighted by Gasteiger charge is -2.35. The molecule has 4 aromatic rings. The minimum Gasteiger partial charge on any atom is -0.320 e. The molecular formula is C29H30N4O. The number of aromatic nitrogens is 3. The molecule has 1 unspecified atom stereocenters. The Bertz CT molecular complexity index is 1260. The van der Waals surface area contributed by atoms with E-state index in [9.17, 15) is 4.79 Å². The minimum atomic E-state index is -0.0912. The van der Waals surface area contributed by atoms with Gasteiger partial charge in [-0.2, -0.15) is 4.68 Å². The zero-order chi connectivity index (χ0) is 23.5. The van der Waals surface area contributed by atoms with Crippen LogP contribution in [0.2, 0.25) is 0 Å². The molecule has 1 aromatic heterocycles. The Kier molecular flexibility index (Phi) is 6.26. The predicted octanol–water partition coefficient (Wildman–Crippen LogP) is 6.29. The van der Waals surface area contributed by atoms with E-state index in [0.717, 1.165) is 37.8 Å². The molecule has 1 fully saturated rings. The summed E-state index contributed by atoms with van der Waals surface area (Å²) in [5.74, 6) is 0. The zero-order valence-electron chi connectivity index (χ0n) is 19.8. The molecule has 172 valence electrons. The van der Waals surface area contributed by atoms with Crippen LogP contribution in [0.25, 0.3) is 22.4 Å². The highest BCUT2D eigenvalue weighted by Gasteiger charge is 2.28. The Balaban J connectivity index is 1.34. The zero-order valence-corrected chi connectivity index (χ0v) is 19.8. The van der Waals surface area contributed by atoms with Gasteiger partial charge in [-0.15, -0.1) is 5.10 Å². The van der Waals surface area contributed by atoms with Crippen LogP contribution in [0.1, 0.15) is 36.0 Å². The van der Waals surface area contributed by atoms with Crippen molar-refractivity contribution in [1.29, 1.82) is 0 Å². The molecular weight excluding hydrogens is 420 g/mol. The van der Waals surface area contributed by atoms with Gasteiger partial charge in [0, 0.05) is 18.2 Å². The van der Waals surface area contributed by atoms with Crippen LogP contribution in [0.5, 0.6) is 0 Å². The number of hydrogen-bond donors (Lipinski definition) is 0. The Labute approximate surface area is 201 Å². The molecule has 0 spiro atoms. The first-order valence-corrected chi connectivity index (χ1v) is 12.0. The highest BCUT2D eigenvalue weighted by atomic mass is 16.2. The van der Waals surface area contributed by atoms with Gasteiger partial charge in [0.25, 0.3) is 0 Å². The van der Waals surface area contributed by atoms with E-state index in [0.29, 0.717) is 5.69 Å². The highest BCUT2D eigenvalue weighted by Crippen LogP contribution is 2.29. The van der Waals surface area contributed by atoms with E-state index in [1.165, 1.54) is 32.5 Å². The summed E-state index contributed by atoms with van der Waals surface area (Å²) in [7, 11) is 0. The maximum atomic E-state index is 13.3. The van der Waals surface area contributed by atoms with Crippen LogP contribution in [0, 0.1) is 13.8 Å². The van der Waals surface area contributed by atoms with Crippen LogP contribution in [-0.2, 0) is 6.42 Å². The molecule has 0 radical (unpaired) electrons. The van der Waals surface area contributed by atoms with Crippen LogP contribution < -0.4 is 0 Å². The number of rotatable bonds is 4. The SMILES string of the molecule is Cc1cccc(C)c1-c1ccc(-c2cn(C(=O)N3CCCCC3Cc3ccccc3)nn2)cc1. The summed E-state index contributed by atoms with van der Waals surface area (Å²) < 4.78 is 1.40. The maximum Gasteiger partial charge on any atom is 0.346 e. The number of benzene rings is 3. The Morgan fingerprint density at radius 1 is 0.882 bits per heavy atom. The molecule has 0 saturated carbocycles. The predicted molar refractivity (Wildman–Crippen MR) is 136 cm³/mol. The van der Waals surface area contributed by atoms with Crippen LogP contribution in [0.15, 0.2) is 79.0 Å². The number of nitrogens with zero attached hydrogens (tertiary/aromatic N) is 4. The number of hydrogen-bond acceptors (Lipinski definition) is 3. The average Bonchev–Trinajstić information content (AvgIpc) is 3.35. The van der Waals surface area contributed by atoms with E-state index < -0.39 is 0 Å². The minimum absolute atomic E-state index is 0.0912. The summed E-state index contributed by atoms with van der Waals surface area (Å²) in [4.78, 5) is 15.3.